The predicted octanol–water partition coefficient (Wildman–Crippen LogP) is 2.53. The van der Waals surface area contributed by atoms with Crippen molar-refractivity contribution in [2.75, 3.05) is 26.2 Å². The van der Waals surface area contributed by atoms with Crippen LogP contribution in [-0.4, -0.2) is 49.1 Å². The molecule has 2 N–H and O–H groups in total. The molecule has 1 aromatic carbocycles. The van der Waals surface area contributed by atoms with Gasteiger partial charge in [0, 0.05) is 29.2 Å². The Morgan fingerprint density at radius 1 is 1.28 bits per heavy atom. The Hall–Kier alpha value is -1.51. The van der Waals surface area contributed by atoms with Crippen molar-refractivity contribution in [3.63, 3.8) is 0 Å². The van der Waals surface area contributed by atoms with E-state index in [-0.39, 0.29) is 34.6 Å². The van der Waals surface area contributed by atoms with Gasteiger partial charge in [0.05, 0.1) is 19.5 Å². The second-order valence-corrected chi connectivity index (χ2v) is 6.49. The Morgan fingerprint density at radius 2 is 1.92 bits per heavy atom. The molecule has 1 saturated heterocycles. The van der Waals surface area contributed by atoms with Gasteiger partial charge in [0.2, 0.25) is 11.8 Å². The minimum absolute atomic E-state index is 0.104. The number of hydrogen-bond acceptors (Lipinski definition) is 3. The topological polar surface area (TPSA) is 61.4 Å². The summed E-state index contributed by atoms with van der Waals surface area (Å²) in [6.45, 7) is 0.200. The van der Waals surface area contributed by atoms with E-state index in [4.69, 9.17) is 23.2 Å². The van der Waals surface area contributed by atoms with E-state index in [2.05, 4.69) is 10.6 Å². The first-order valence-corrected chi connectivity index (χ1v) is 8.20. The number of rotatable bonds is 5. The van der Waals surface area contributed by atoms with Gasteiger partial charge >= 0.3 is 6.18 Å². The SMILES string of the molecule is O=C1CN(C(=O)CNC(CC(F)(F)F)c2cc(Cl)cc(Cl)c2)CCN1. The maximum absolute atomic E-state index is 12.9. The molecular formula is C15H16Cl2F3N3O2. The standard InChI is InChI=1S/C15H16Cl2F3N3O2/c16-10-3-9(4-11(17)5-10)12(6-15(18,19)20)22-7-14(25)23-2-1-21-13(24)8-23/h3-5,12,22H,1-2,6-8H2,(H,21,24). The highest BCUT2D eigenvalue weighted by Crippen LogP contribution is 2.32. The first-order chi connectivity index (χ1) is 11.6. The van der Waals surface area contributed by atoms with Crippen LogP contribution in [0.15, 0.2) is 18.2 Å². The average Bonchev–Trinajstić information content (AvgIpc) is 2.49. The third kappa shape index (κ3) is 6.37. The molecule has 25 heavy (non-hydrogen) atoms. The summed E-state index contributed by atoms with van der Waals surface area (Å²) in [6.07, 6.45) is -5.63. The number of piperazine rings is 1. The van der Waals surface area contributed by atoms with E-state index in [0.29, 0.717) is 13.1 Å². The van der Waals surface area contributed by atoms with Crippen LogP contribution < -0.4 is 10.6 Å². The van der Waals surface area contributed by atoms with Gasteiger partial charge in [0.25, 0.3) is 0 Å². The van der Waals surface area contributed by atoms with E-state index in [9.17, 15) is 22.8 Å². The predicted molar refractivity (Wildman–Crippen MR) is 87.5 cm³/mol. The van der Waals surface area contributed by atoms with Crippen LogP contribution in [0, 0.1) is 0 Å². The molecule has 0 radical (unpaired) electrons. The zero-order valence-electron chi connectivity index (χ0n) is 13.0. The smallest absolute Gasteiger partial charge is 0.353 e. The van der Waals surface area contributed by atoms with Gasteiger partial charge in [-0.2, -0.15) is 13.2 Å². The lowest BCUT2D eigenvalue weighted by Crippen LogP contribution is -2.52. The van der Waals surface area contributed by atoms with Crippen molar-refractivity contribution in [1.29, 1.82) is 0 Å². The summed E-state index contributed by atoms with van der Waals surface area (Å²) in [7, 11) is 0. The molecule has 1 heterocycles. The third-order valence-corrected chi connectivity index (χ3v) is 4.05. The minimum atomic E-state index is -4.44. The number of carbonyl (C=O) groups is 2. The summed E-state index contributed by atoms with van der Waals surface area (Å²) in [5.74, 6) is -0.747. The number of halogens is 5. The van der Waals surface area contributed by atoms with Crippen LogP contribution in [0.4, 0.5) is 13.2 Å². The summed E-state index contributed by atoms with van der Waals surface area (Å²) >= 11 is 11.7. The molecule has 1 aliphatic heterocycles. The summed E-state index contributed by atoms with van der Waals surface area (Å²) in [6, 6.07) is 2.97. The summed E-state index contributed by atoms with van der Waals surface area (Å²) in [4.78, 5) is 24.7. The molecule has 0 saturated carbocycles. The number of hydrogen-bond donors (Lipinski definition) is 2. The van der Waals surface area contributed by atoms with Gasteiger partial charge in [-0.05, 0) is 23.8 Å². The van der Waals surface area contributed by atoms with Gasteiger partial charge in [-0.1, -0.05) is 23.2 Å². The van der Waals surface area contributed by atoms with E-state index in [1.54, 1.807) is 0 Å². The van der Waals surface area contributed by atoms with Crippen molar-refractivity contribution in [3.8, 4) is 0 Å². The molecule has 1 atom stereocenters. The van der Waals surface area contributed by atoms with E-state index < -0.39 is 24.5 Å². The Balaban J connectivity index is 2.08. The van der Waals surface area contributed by atoms with Crippen molar-refractivity contribution < 1.29 is 22.8 Å². The molecule has 5 nitrogen and oxygen atoms in total. The number of benzene rings is 1. The second-order valence-electron chi connectivity index (χ2n) is 5.62. The average molecular weight is 398 g/mol. The van der Waals surface area contributed by atoms with Crippen LogP contribution in [0.5, 0.6) is 0 Å². The van der Waals surface area contributed by atoms with Gasteiger partial charge < -0.3 is 15.5 Å². The number of amides is 2. The van der Waals surface area contributed by atoms with E-state index in [0.717, 1.165) is 0 Å². The Kier molecular flexibility index (Phi) is 6.53. The van der Waals surface area contributed by atoms with E-state index in [1.165, 1.54) is 23.1 Å². The lowest BCUT2D eigenvalue weighted by molar-refractivity contribution is -0.143. The van der Waals surface area contributed by atoms with Crippen LogP contribution in [0.25, 0.3) is 0 Å². The minimum Gasteiger partial charge on any atom is -0.353 e. The molecule has 1 fully saturated rings. The van der Waals surface area contributed by atoms with E-state index >= 15 is 0 Å². The number of nitrogens with one attached hydrogen (secondary N) is 2. The Morgan fingerprint density at radius 3 is 2.48 bits per heavy atom. The summed E-state index contributed by atoms with van der Waals surface area (Å²) in [5, 5.41) is 5.58. The quantitative estimate of drug-likeness (QED) is 0.802. The monoisotopic (exact) mass is 397 g/mol. The maximum Gasteiger partial charge on any atom is 0.390 e. The van der Waals surface area contributed by atoms with Crippen molar-refractivity contribution in [2.45, 2.75) is 18.6 Å². The fourth-order valence-corrected chi connectivity index (χ4v) is 3.03. The van der Waals surface area contributed by atoms with Crippen LogP contribution in [0.1, 0.15) is 18.0 Å². The van der Waals surface area contributed by atoms with Crippen molar-refractivity contribution >= 4 is 35.0 Å². The van der Waals surface area contributed by atoms with Gasteiger partial charge in [-0.25, -0.2) is 0 Å². The van der Waals surface area contributed by atoms with Crippen LogP contribution in [0.3, 0.4) is 0 Å². The molecule has 138 valence electrons. The largest absolute Gasteiger partial charge is 0.390 e. The maximum atomic E-state index is 12.9. The van der Waals surface area contributed by atoms with Gasteiger partial charge in [-0.3, -0.25) is 9.59 Å². The third-order valence-electron chi connectivity index (χ3n) is 3.61. The highest BCUT2D eigenvalue weighted by molar-refractivity contribution is 6.34. The van der Waals surface area contributed by atoms with E-state index in [1.807, 2.05) is 0 Å². The van der Waals surface area contributed by atoms with Gasteiger partial charge in [-0.15, -0.1) is 0 Å². The molecule has 1 aromatic rings. The van der Waals surface area contributed by atoms with Gasteiger partial charge in [0.1, 0.15) is 0 Å². The normalized spacial score (nSPS) is 16.5. The molecule has 0 aliphatic carbocycles. The number of carbonyl (C=O) groups excluding carboxylic acids is 2. The van der Waals surface area contributed by atoms with Crippen LogP contribution in [-0.2, 0) is 9.59 Å². The zero-order valence-corrected chi connectivity index (χ0v) is 14.5. The molecule has 10 heteroatoms. The lowest BCUT2D eigenvalue weighted by Gasteiger charge is -2.28. The summed E-state index contributed by atoms with van der Waals surface area (Å²) in [5.41, 5.74) is 0.235. The highest BCUT2D eigenvalue weighted by atomic mass is 35.5. The molecule has 0 aromatic heterocycles. The van der Waals surface area contributed by atoms with Crippen molar-refractivity contribution in [3.05, 3.63) is 33.8 Å². The van der Waals surface area contributed by atoms with Crippen LogP contribution >= 0.6 is 23.2 Å². The molecular weight excluding hydrogens is 382 g/mol. The fourth-order valence-electron chi connectivity index (χ4n) is 2.49. The van der Waals surface area contributed by atoms with Gasteiger partial charge in [0.15, 0.2) is 0 Å². The Bertz CT molecular complexity index is 635. The molecule has 0 spiro atoms. The zero-order chi connectivity index (χ0) is 18.6. The number of nitrogens with zero attached hydrogens (tertiary/aromatic N) is 1. The first-order valence-electron chi connectivity index (χ1n) is 7.44. The molecule has 1 unspecified atom stereocenters. The fraction of sp³-hybridized carbons (Fsp3) is 0.467. The highest BCUT2D eigenvalue weighted by Gasteiger charge is 2.33. The second kappa shape index (κ2) is 8.25. The molecule has 0 bridgehead atoms. The number of alkyl halides is 3. The summed E-state index contributed by atoms with van der Waals surface area (Å²) < 4.78 is 38.6. The van der Waals surface area contributed by atoms with Crippen molar-refractivity contribution in [2.24, 2.45) is 0 Å². The molecule has 1 aliphatic rings. The molecule has 2 rings (SSSR count). The lowest BCUT2D eigenvalue weighted by atomic mass is 10.0. The molecule has 2 amide bonds. The van der Waals surface area contributed by atoms with Crippen LogP contribution in [0.2, 0.25) is 10.0 Å². The first kappa shape index (κ1) is 19.8. The Labute approximate surface area is 152 Å². The van der Waals surface area contributed by atoms with Crippen molar-refractivity contribution in [1.82, 2.24) is 15.5 Å².